The van der Waals surface area contributed by atoms with E-state index in [-0.39, 0.29) is 46.1 Å². The van der Waals surface area contributed by atoms with E-state index in [1.807, 2.05) is 6.07 Å². The summed E-state index contributed by atoms with van der Waals surface area (Å²) in [6, 6.07) is 14.7. The fraction of sp³-hybridized carbons (Fsp3) is 0.235. The molecular weight excluding hydrogens is 633 g/mol. The zero-order chi connectivity index (χ0) is 33.3. The minimum atomic E-state index is -2.94. The highest BCUT2D eigenvalue weighted by Crippen LogP contribution is 2.40. The molecular formula is C34H26ClF3N6O3. The first-order valence-corrected chi connectivity index (χ1v) is 15.1. The number of rotatable bonds is 8. The van der Waals surface area contributed by atoms with E-state index in [1.54, 1.807) is 24.3 Å². The maximum absolute atomic E-state index is 15.8. The first-order chi connectivity index (χ1) is 22.6. The minimum Gasteiger partial charge on any atom is -0.351 e. The molecule has 2 aliphatic rings. The maximum Gasteiger partial charge on any atom is 0.252 e. The van der Waals surface area contributed by atoms with Crippen LogP contribution in [0, 0.1) is 17.1 Å². The van der Waals surface area contributed by atoms with Gasteiger partial charge in [-0.25, -0.2) is 18.2 Å². The zero-order valence-electron chi connectivity index (χ0n) is 24.6. The van der Waals surface area contributed by atoms with Gasteiger partial charge in [-0.05, 0) is 48.9 Å². The molecule has 2 atom stereocenters. The number of halogens is 4. The zero-order valence-corrected chi connectivity index (χ0v) is 25.4. The molecule has 2 fully saturated rings. The molecule has 238 valence electrons. The number of carbonyl (C=O) groups excluding carboxylic acids is 3. The Morgan fingerprint density at radius 3 is 2.55 bits per heavy atom. The number of amides is 3. The largest absolute Gasteiger partial charge is 0.351 e. The highest BCUT2D eigenvalue weighted by Gasteiger charge is 2.48. The van der Waals surface area contributed by atoms with Crippen LogP contribution in [-0.4, -0.2) is 45.7 Å². The SMILES string of the molecule is N#Cc1ccnc(N2C(=O)CC[C@H]2C(=O)N(c2ccc(-c3cccnc3)c(F)c2)[C@@H](C(=O)NC2CC(F)(F)C2)c2ccccc2Cl)c1. The number of benzene rings is 2. The van der Waals surface area contributed by atoms with Crippen molar-refractivity contribution in [3.63, 3.8) is 0 Å². The van der Waals surface area contributed by atoms with Crippen LogP contribution in [0.3, 0.4) is 0 Å². The summed E-state index contributed by atoms with van der Waals surface area (Å²) in [5.41, 5.74) is 0.966. The Bertz CT molecular complexity index is 1900. The van der Waals surface area contributed by atoms with Crippen molar-refractivity contribution < 1.29 is 27.6 Å². The smallest absolute Gasteiger partial charge is 0.252 e. The van der Waals surface area contributed by atoms with Crippen LogP contribution in [0.5, 0.6) is 0 Å². The summed E-state index contributed by atoms with van der Waals surface area (Å²) >= 11 is 6.58. The quantitative estimate of drug-likeness (QED) is 0.248. The van der Waals surface area contributed by atoms with Crippen LogP contribution in [0.25, 0.3) is 11.1 Å². The van der Waals surface area contributed by atoms with Gasteiger partial charge in [0.15, 0.2) is 0 Å². The lowest BCUT2D eigenvalue weighted by Crippen LogP contribution is -2.56. The van der Waals surface area contributed by atoms with Gasteiger partial charge >= 0.3 is 0 Å². The van der Waals surface area contributed by atoms with Crippen LogP contribution in [-0.2, 0) is 14.4 Å². The van der Waals surface area contributed by atoms with Gasteiger partial charge in [-0.1, -0.05) is 35.9 Å². The van der Waals surface area contributed by atoms with Gasteiger partial charge in [0.1, 0.15) is 23.7 Å². The van der Waals surface area contributed by atoms with E-state index >= 15 is 4.39 Å². The number of anilines is 2. The van der Waals surface area contributed by atoms with Gasteiger partial charge in [0, 0.05) is 71.3 Å². The second kappa shape index (κ2) is 12.8. The molecule has 1 N–H and O–H groups in total. The maximum atomic E-state index is 15.8. The van der Waals surface area contributed by atoms with Gasteiger partial charge < -0.3 is 5.32 Å². The number of aromatic nitrogens is 2. The topological polar surface area (TPSA) is 119 Å². The van der Waals surface area contributed by atoms with Crippen molar-refractivity contribution in [3.05, 3.63) is 107 Å². The Morgan fingerprint density at radius 1 is 1.09 bits per heavy atom. The molecule has 4 aromatic rings. The molecule has 3 amide bonds. The predicted molar refractivity (Wildman–Crippen MR) is 167 cm³/mol. The standard InChI is InChI=1S/C34H26ClF3N6O3/c35-26-6-2-1-5-25(26)31(32(46)42-22-16-34(37,38)17-22)43(23-7-8-24(27(36)15-23)21-4-3-12-40-19-21)33(47)28-9-10-30(45)44(28)29-14-20(18-39)11-13-41-29/h1-8,11-15,19,22,28,31H,9-10,16-17H2,(H,42,46)/t28-,31+/m0/s1. The molecule has 0 radical (unpaired) electrons. The second-order valence-corrected chi connectivity index (χ2v) is 11.7. The fourth-order valence-corrected chi connectivity index (χ4v) is 6.18. The molecule has 1 saturated carbocycles. The van der Waals surface area contributed by atoms with Crippen molar-refractivity contribution >= 4 is 40.8 Å². The van der Waals surface area contributed by atoms with Gasteiger partial charge in [-0.2, -0.15) is 5.26 Å². The van der Waals surface area contributed by atoms with E-state index in [9.17, 15) is 28.4 Å². The number of nitrogens with zero attached hydrogens (tertiary/aromatic N) is 5. The van der Waals surface area contributed by atoms with Crippen molar-refractivity contribution in [2.24, 2.45) is 0 Å². The summed E-state index contributed by atoms with van der Waals surface area (Å²) < 4.78 is 43.4. The van der Waals surface area contributed by atoms with Crippen LogP contribution in [0.4, 0.5) is 24.7 Å². The van der Waals surface area contributed by atoms with Gasteiger partial charge in [0.05, 0.1) is 11.6 Å². The lowest BCUT2D eigenvalue weighted by Gasteiger charge is -2.39. The Kier molecular flexibility index (Phi) is 8.66. The van der Waals surface area contributed by atoms with E-state index in [4.69, 9.17) is 11.6 Å². The monoisotopic (exact) mass is 658 g/mol. The number of nitrogens with one attached hydrogen (secondary N) is 1. The van der Waals surface area contributed by atoms with E-state index < -0.39 is 60.4 Å². The minimum absolute atomic E-state index is 0.0224. The summed E-state index contributed by atoms with van der Waals surface area (Å²) in [4.78, 5) is 52.5. The Morgan fingerprint density at radius 2 is 1.87 bits per heavy atom. The molecule has 2 aromatic carbocycles. The van der Waals surface area contributed by atoms with E-state index in [0.717, 1.165) is 15.9 Å². The Hall–Kier alpha value is -5.28. The number of nitriles is 1. The highest BCUT2D eigenvalue weighted by molar-refractivity contribution is 6.31. The third kappa shape index (κ3) is 6.39. The molecule has 1 saturated heterocycles. The molecule has 2 aromatic heterocycles. The van der Waals surface area contributed by atoms with Crippen LogP contribution in [0.2, 0.25) is 5.02 Å². The normalized spacial score (nSPS) is 17.8. The summed E-state index contributed by atoms with van der Waals surface area (Å²) in [6.07, 6.45) is 3.16. The number of alkyl halides is 2. The van der Waals surface area contributed by atoms with E-state index in [2.05, 4.69) is 15.3 Å². The van der Waals surface area contributed by atoms with Crippen molar-refractivity contribution in [2.75, 3.05) is 9.80 Å². The molecule has 9 nitrogen and oxygen atoms in total. The Balaban J connectivity index is 1.48. The molecule has 0 spiro atoms. The average Bonchev–Trinajstić information content (AvgIpc) is 3.44. The summed E-state index contributed by atoms with van der Waals surface area (Å²) in [5.74, 6) is -5.64. The summed E-state index contributed by atoms with van der Waals surface area (Å²) in [5, 5.41) is 12.1. The van der Waals surface area contributed by atoms with Gasteiger partial charge in [-0.15, -0.1) is 0 Å². The highest BCUT2D eigenvalue weighted by atomic mass is 35.5. The molecule has 1 aliphatic heterocycles. The van der Waals surface area contributed by atoms with Gasteiger partial charge in [0.25, 0.3) is 11.8 Å². The number of hydrogen-bond donors (Lipinski definition) is 1. The fourth-order valence-electron chi connectivity index (χ4n) is 5.94. The Labute approximate surface area is 272 Å². The number of pyridine rings is 2. The summed E-state index contributed by atoms with van der Waals surface area (Å²) in [6.45, 7) is 0. The molecule has 3 heterocycles. The molecule has 6 rings (SSSR count). The third-order valence-corrected chi connectivity index (χ3v) is 8.55. The predicted octanol–water partition coefficient (Wildman–Crippen LogP) is 5.99. The number of hydrogen-bond acceptors (Lipinski definition) is 6. The van der Waals surface area contributed by atoms with Crippen LogP contribution >= 0.6 is 11.6 Å². The number of carbonyl (C=O) groups is 3. The second-order valence-electron chi connectivity index (χ2n) is 11.3. The van der Waals surface area contributed by atoms with Crippen LogP contribution < -0.4 is 15.1 Å². The van der Waals surface area contributed by atoms with Crippen molar-refractivity contribution in [3.8, 4) is 17.2 Å². The lowest BCUT2D eigenvalue weighted by molar-refractivity contribution is -0.133. The molecule has 0 bridgehead atoms. The van der Waals surface area contributed by atoms with Crippen molar-refractivity contribution in [1.29, 1.82) is 5.26 Å². The molecule has 13 heteroatoms. The van der Waals surface area contributed by atoms with Crippen LogP contribution in [0.15, 0.2) is 85.3 Å². The lowest BCUT2D eigenvalue weighted by atomic mass is 9.87. The van der Waals surface area contributed by atoms with Gasteiger partial charge in [0.2, 0.25) is 11.8 Å². The van der Waals surface area contributed by atoms with Crippen molar-refractivity contribution in [1.82, 2.24) is 15.3 Å². The third-order valence-electron chi connectivity index (χ3n) is 8.20. The van der Waals surface area contributed by atoms with Crippen molar-refractivity contribution in [2.45, 2.75) is 49.7 Å². The van der Waals surface area contributed by atoms with Crippen LogP contribution in [0.1, 0.15) is 42.9 Å². The summed E-state index contributed by atoms with van der Waals surface area (Å²) in [7, 11) is 0. The molecule has 0 unspecified atom stereocenters. The van der Waals surface area contributed by atoms with E-state index in [0.29, 0.717) is 5.56 Å². The first-order valence-electron chi connectivity index (χ1n) is 14.7. The molecule has 47 heavy (non-hydrogen) atoms. The average molecular weight is 659 g/mol. The molecule has 1 aliphatic carbocycles. The van der Waals surface area contributed by atoms with Gasteiger partial charge in [-0.3, -0.25) is 29.2 Å². The first kappa shape index (κ1) is 31.7. The van der Waals surface area contributed by atoms with E-state index in [1.165, 1.54) is 55.0 Å².